The number of aliphatic hydroxyl groups is 1. The summed E-state index contributed by atoms with van der Waals surface area (Å²) >= 11 is 12.1. The molecule has 4 rings (SSSR count). The van der Waals surface area contributed by atoms with Crippen molar-refractivity contribution >= 4 is 45.4 Å². The first-order valence-corrected chi connectivity index (χ1v) is 11.2. The number of aliphatic hydroxyl groups excluding tert-OH is 1. The van der Waals surface area contributed by atoms with Gasteiger partial charge in [0, 0.05) is 5.56 Å². The van der Waals surface area contributed by atoms with Crippen molar-refractivity contribution in [3.63, 3.8) is 0 Å². The van der Waals surface area contributed by atoms with E-state index in [1.165, 1.54) is 0 Å². The van der Waals surface area contributed by atoms with Gasteiger partial charge in [0.05, 0.1) is 15.6 Å². The van der Waals surface area contributed by atoms with E-state index in [0.29, 0.717) is 43.8 Å². The van der Waals surface area contributed by atoms with Crippen LogP contribution >= 0.6 is 23.2 Å². The molecule has 1 heterocycles. The molecule has 1 aromatic heterocycles. The van der Waals surface area contributed by atoms with Crippen molar-refractivity contribution in [2.75, 3.05) is 5.75 Å². The van der Waals surface area contributed by atoms with Crippen molar-refractivity contribution in [2.24, 2.45) is 0 Å². The average molecular weight is 445 g/mol. The highest BCUT2D eigenvalue weighted by atomic mass is 35.5. The van der Waals surface area contributed by atoms with E-state index in [1.807, 2.05) is 37.3 Å². The topological polar surface area (TPSA) is 72.0 Å². The molecule has 0 aliphatic carbocycles. The largest absolute Gasteiger partial charge is 0.611 e. The lowest BCUT2D eigenvalue weighted by Gasteiger charge is -2.11. The zero-order valence-corrected chi connectivity index (χ0v) is 17.9. The molecule has 29 heavy (non-hydrogen) atoms. The predicted molar refractivity (Wildman–Crippen MR) is 119 cm³/mol. The minimum Gasteiger partial charge on any atom is -0.611 e. The van der Waals surface area contributed by atoms with Crippen molar-refractivity contribution < 1.29 is 9.66 Å². The molecule has 0 saturated carbocycles. The number of hydrogen-bond acceptors (Lipinski definition) is 3. The lowest BCUT2D eigenvalue weighted by Crippen LogP contribution is -2.05. The smallest absolute Gasteiger partial charge is 0.152 e. The Morgan fingerprint density at radius 3 is 2.45 bits per heavy atom. The highest BCUT2D eigenvalue weighted by molar-refractivity contribution is 7.91. The standard InChI is InChI=1S/C22H18Cl2N2O2S/c1-2-29(28)15-10-8-14(9-11-15)21(27)22-25-17-12-16(23)18(19(24)20(17)26-22)13-6-4-3-5-7-13/h3-12,21,27H,2H2,1H3,(H,25,26). The zero-order chi connectivity index (χ0) is 20.5. The van der Waals surface area contributed by atoms with Gasteiger partial charge >= 0.3 is 0 Å². The molecule has 148 valence electrons. The maximum Gasteiger partial charge on any atom is 0.152 e. The first-order chi connectivity index (χ1) is 14.0. The number of aromatic amines is 1. The fraction of sp³-hybridized carbons (Fsp3) is 0.136. The van der Waals surface area contributed by atoms with Gasteiger partial charge < -0.3 is 14.6 Å². The summed E-state index contributed by atoms with van der Waals surface area (Å²) in [6.45, 7) is 1.87. The number of aromatic nitrogens is 2. The molecule has 0 radical (unpaired) electrons. The quantitative estimate of drug-likeness (QED) is 0.385. The molecule has 0 spiro atoms. The highest BCUT2D eigenvalue weighted by Crippen LogP contribution is 2.40. The van der Waals surface area contributed by atoms with Crippen LogP contribution in [0.5, 0.6) is 0 Å². The van der Waals surface area contributed by atoms with E-state index >= 15 is 0 Å². The molecule has 4 nitrogen and oxygen atoms in total. The summed E-state index contributed by atoms with van der Waals surface area (Å²) in [5.41, 5.74) is 3.45. The van der Waals surface area contributed by atoms with E-state index < -0.39 is 17.3 Å². The number of rotatable bonds is 5. The predicted octanol–water partition coefficient (Wildman–Crippen LogP) is 5.75. The molecule has 4 aromatic rings. The third-order valence-electron chi connectivity index (χ3n) is 4.73. The summed E-state index contributed by atoms with van der Waals surface area (Å²) in [5.74, 6) is 0.918. The van der Waals surface area contributed by atoms with Crippen LogP contribution in [0.15, 0.2) is 65.6 Å². The molecule has 3 aromatic carbocycles. The van der Waals surface area contributed by atoms with Crippen LogP contribution < -0.4 is 0 Å². The van der Waals surface area contributed by atoms with Gasteiger partial charge in [0.2, 0.25) is 0 Å². The van der Waals surface area contributed by atoms with Gasteiger partial charge in [0.15, 0.2) is 4.90 Å². The second-order valence-corrected chi connectivity index (χ2v) is 9.06. The lowest BCUT2D eigenvalue weighted by molar-refractivity contribution is 0.211. The maximum atomic E-state index is 11.9. The summed E-state index contributed by atoms with van der Waals surface area (Å²) in [6.07, 6.45) is -0.971. The van der Waals surface area contributed by atoms with Crippen molar-refractivity contribution in [3.8, 4) is 11.1 Å². The Balaban J connectivity index is 1.73. The van der Waals surface area contributed by atoms with Crippen LogP contribution in [0.4, 0.5) is 0 Å². The number of nitrogens with one attached hydrogen (secondary N) is 1. The zero-order valence-electron chi connectivity index (χ0n) is 15.5. The van der Waals surface area contributed by atoms with E-state index in [-0.39, 0.29) is 0 Å². The van der Waals surface area contributed by atoms with Crippen molar-refractivity contribution in [3.05, 3.63) is 82.1 Å². The molecule has 0 saturated heterocycles. The molecular formula is C22H18Cl2N2O2S. The third-order valence-corrected chi connectivity index (χ3v) is 6.72. The van der Waals surface area contributed by atoms with Gasteiger partial charge in [-0.1, -0.05) is 65.7 Å². The van der Waals surface area contributed by atoms with Gasteiger partial charge in [-0.15, -0.1) is 0 Å². The summed E-state index contributed by atoms with van der Waals surface area (Å²) in [7, 11) is 0. The minimum atomic E-state index is -1.03. The van der Waals surface area contributed by atoms with Crippen LogP contribution in [0, 0.1) is 0 Å². The molecule has 7 heteroatoms. The molecule has 0 amide bonds. The van der Waals surface area contributed by atoms with Crippen LogP contribution in [0.1, 0.15) is 24.4 Å². The number of hydrogen-bond donors (Lipinski definition) is 2. The molecule has 0 aliphatic heterocycles. The molecule has 2 atom stereocenters. The Morgan fingerprint density at radius 1 is 1.10 bits per heavy atom. The first kappa shape index (κ1) is 20.3. The number of halogens is 2. The van der Waals surface area contributed by atoms with Crippen LogP contribution in [0.2, 0.25) is 10.0 Å². The normalized spacial score (nSPS) is 13.6. The van der Waals surface area contributed by atoms with Gasteiger partial charge in [-0.05, 0) is 47.4 Å². The molecule has 2 N–H and O–H groups in total. The highest BCUT2D eigenvalue weighted by Gasteiger charge is 2.20. The van der Waals surface area contributed by atoms with Gasteiger partial charge in [-0.3, -0.25) is 0 Å². The Morgan fingerprint density at radius 2 is 1.79 bits per heavy atom. The monoisotopic (exact) mass is 444 g/mol. The maximum absolute atomic E-state index is 11.9. The van der Waals surface area contributed by atoms with Crippen LogP contribution in [0.25, 0.3) is 22.2 Å². The number of fused-ring (bicyclic) bond motifs is 1. The second-order valence-electron chi connectivity index (χ2n) is 6.54. The first-order valence-electron chi connectivity index (χ1n) is 9.09. The van der Waals surface area contributed by atoms with Gasteiger partial charge in [-0.25, -0.2) is 4.98 Å². The molecule has 0 bridgehead atoms. The van der Waals surface area contributed by atoms with Crippen LogP contribution in [-0.2, 0) is 11.2 Å². The van der Waals surface area contributed by atoms with Gasteiger partial charge in [-0.2, -0.15) is 0 Å². The Bertz CT molecular complexity index is 1150. The van der Waals surface area contributed by atoms with E-state index in [0.717, 1.165) is 10.5 Å². The van der Waals surface area contributed by atoms with Crippen LogP contribution in [-0.4, -0.2) is 25.4 Å². The van der Waals surface area contributed by atoms with E-state index in [4.69, 9.17) is 23.2 Å². The molecule has 0 aliphatic rings. The van der Waals surface area contributed by atoms with E-state index in [9.17, 15) is 9.66 Å². The Kier molecular flexibility index (Phi) is 5.86. The molecule has 0 fully saturated rings. The molecule has 2 unspecified atom stereocenters. The van der Waals surface area contributed by atoms with Crippen molar-refractivity contribution in [1.29, 1.82) is 0 Å². The fourth-order valence-electron chi connectivity index (χ4n) is 3.23. The summed E-state index contributed by atoms with van der Waals surface area (Å²) < 4.78 is 11.9. The fourth-order valence-corrected chi connectivity index (χ4v) is 4.71. The number of benzene rings is 3. The third kappa shape index (κ3) is 3.89. The summed E-state index contributed by atoms with van der Waals surface area (Å²) in [6, 6.07) is 18.4. The van der Waals surface area contributed by atoms with Gasteiger partial charge in [0.1, 0.15) is 23.2 Å². The number of imidazole rings is 1. The summed E-state index contributed by atoms with van der Waals surface area (Å²) in [5, 5.41) is 11.7. The Labute approximate surface area is 181 Å². The van der Waals surface area contributed by atoms with E-state index in [2.05, 4.69) is 9.97 Å². The van der Waals surface area contributed by atoms with Crippen LogP contribution in [0.3, 0.4) is 0 Å². The minimum absolute atomic E-state index is 0.368. The van der Waals surface area contributed by atoms with E-state index in [1.54, 1.807) is 30.3 Å². The average Bonchev–Trinajstić information content (AvgIpc) is 3.18. The SMILES string of the molecule is CC[S+]([O-])c1ccc(C(O)c2nc3c(Cl)c(-c4ccccc4)c(Cl)cc3[nH]2)cc1. The number of H-pyrrole nitrogens is 1. The van der Waals surface area contributed by atoms with Crippen molar-refractivity contribution in [2.45, 2.75) is 17.9 Å². The summed E-state index contributed by atoms with van der Waals surface area (Å²) in [4.78, 5) is 8.38. The second kappa shape index (κ2) is 8.38. The van der Waals surface area contributed by atoms with Crippen molar-refractivity contribution in [1.82, 2.24) is 9.97 Å². The lowest BCUT2D eigenvalue weighted by atomic mass is 10.0. The molecular weight excluding hydrogens is 427 g/mol. The number of nitrogens with zero attached hydrogens (tertiary/aromatic N) is 1. The Hall–Kier alpha value is -2.02. The van der Waals surface area contributed by atoms with Gasteiger partial charge in [0.25, 0.3) is 0 Å².